The number of carboxylic acid groups (broad SMARTS) is 1. The van der Waals surface area contributed by atoms with E-state index < -0.39 is 11.4 Å². The number of fused-ring (bicyclic) bond motifs is 3. The molecule has 4 rings (SSSR count). The molecule has 0 aromatic carbocycles. The van der Waals surface area contributed by atoms with Crippen molar-refractivity contribution >= 4 is 5.97 Å². The first-order valence-electron chi connectivity index (χ1n) is 9.36. The van der Waals surface area contributed by atoms with E-state index in [0.717, 1.165) is 56.9 Å². The van der Waals surface area contributed by atoms with Crippen LogP contribution in [-0.4, -0.2) is 22.3 Å². The third-order valence-electron chi connectivity index (χ3n) is 8.70. The Hall–Kier alpha value is -0.830. The predicted molar refractivity (Wildman–Crippen MR) is 88.8 cm³/mol. The van der Waals surface area contributed by atoms with Crippen molar-refractivity contribution in [1.29, 1.82) is 0 Å². The van der Waals surface area contributed by atoms with Crippen LogP contribution in [0.25, 0.3) is 0 Å². The predicted octanol–water partition coefficient (Wildman–Crippen LogP) is 4.01. The van der Waals surface area contributed by atoms with Crippen LogP contribution < -0.4 is 0 Å². The quantitative estimate of drug-likeness (QED) is 0.718. The molecule has 3 heteroatoms. The zero-order valence-electron chi connectivity index (χ0n) is 14.5. The summed E-state index contributed by atoms with van der Waals surface area (Å²) in [5, 5.41) is 20.9. The largest absolute Gasteiger partial charge is 0.481 e. The maximum absolute atomic E-state index is 12.0. The van der Waals surface area contributed by atoms with Gasteiger partial charge < -0.3 is 10.2 Å². The molecule has 0 aliphatic heterocycles. The van der Waals surface area contributed by atoms with E-state index in [-0.39, 0.29) is 22.9 Å². The number of carboxylic acids is 1. The van der Waals surface area contributed by atoms with E-state index in [1.165, 1.54) is 0 Å². The molecule has 0 aromatic heterocycles. The van der Waals surface area contributed by atoms with Crippen LogP contribution in [0.5, 0.6) is 0 Å². The average Bonchev–Trinajstić information content (AvgIpc) is 2.68. The third-order valence-corrected chi connectivity index (χ3v) is 8.70. The Balaban J connectivity index is 1.78. The number of hydrogen-bond donors (Lipinski definition) is 2. The standard InChI is InChI=1S/C20H30O3/c1-12-13-5-6-15-18(2)8-4-9-19(3,17(22)23)14(18)7-10-20(15,11-13)16(12)21/h13-16,21H,1,4-11H2,2-3H3,(H,22,23)/t13-,14+,15-,16+,18-,19-,20-/m1/s1. The number of aliphatic carboxylic acids is 1. The molecule has 7 atom stereocenters. The van der Waals surface area contributed by atoms with Crippen molar-refractivity contribution in [2.75, 3.05) is 0 Å². The second-order valence-corrected chi connectivity index (χ2v) is 9.41. The minimum absolute atomic E-state index is 0.0119. The lowest BCUT2D eigenvalue weighted by atomic mass is 9.40. The molecule has 4 aliphatic rings. The molecular weight excluding hydrogens is 288 g/mol. The van der Waals surface area contributed by atoms with E-state index in [1.54, 1.807) is 0 Å². The Morgan fingerprint density at radius 2 is 1.87 bits per heavy atom. The van der Waals surface area contributed by atoms with E-state index in [9.17, 15) is 15.0 Å². The van der Waals surface area contributed by atoms with E-state index >= 15 is 0 Å². The molecule has 0 unspecified atom stereocenters. The highest BCUT2D eigenvalue weighted by atomic mass is 16.4. The number of carbonyl (C=O) groups is 1. The molecule has 0 aromatic rings. The van der Waals surface area contributed by atoms with Crippen molar-refractivity contribution in [3.05, 3.63) is 12.2 Å². The van der Waals surface area contributed by atoms with Crippen LogP contribution in [0, 0.1) is 34.0 Å². The molecule has 0 amide bonds. The van der Waals surface area contributed by atoms with Gasteiger partial charge in [-0.2, -0.15) is 0 Å². The summed E-state index contributed by atoms with van der Waals surface area (Å²) in [4.78, 5) is 12.0. The highest BCUT2D eigenvalue weighted by Gasteiger charge is 2.67. The number of aliphatic hydroxyl groups excluding tert-OH is 1. The summed E-state index contributed by atoms with van der Waals surface area (Å²) in [5.41, 5.74) is 0.514. The van der Waals surface area contributed by atoms with Crippen molar-refractivity contribution in [3.8, 4) is 0 Å². The highest BCUT2D eigenvalue weighted by molar-refractivity contribution is 5.75. The van der Waals surface area contributed by atoms with Gasteiger partial charge in [0.15, 0.2) is 0 Å². The normalized spacial score (nSPS) is 55.2. The van der Waals surface area contributed by atoms with Crippen molar-refractivity contribution in [2.45, 2.75) is 71.3 Å². The van der Waals surface area contributed by atoms with Gasteiger partial charge in [0.1, 0.15) is 0 Å². The number of rotatable bonds is 1. The summed E-state index contributed by atoms with van der Waals surface area (Å²) in [6, 6.07) is 0. The zero-order valence-corrected chi connectivity index (χ0v) is 14.5. The lowest BCUT2D eigenvalue weighted by molar-refractivity contribution is -0.190. The van der Waals surface area contributed by atoms with Crippen LogP contribution in [0.4, 0.5) is 0 Å². The van der Waals surface area contributed by atoms with Gasteiger partial charge in [0.05, 0.1) is 11.5 Å². The van der Waals surface area contributed by atoms with Gasteiger partial charge in [-0.1, -0.05) is 19.9 Å². The summed E-state index contributed by atoms with van der Waals surface area (Å²) in [6.45, 7) is 8.53. The molecule has 23 heavy (non-hydrogen) atoms. The summed E-state index contributed by atoms with van der Waals surface area (Å²) < 4.78 is 0. The summed E-state index contributed by atoms with van der Waals surface area (Å²) in [5.74, 6) is 0.581. The summed E-state index contributed by atoms with van der Waals surface area (Å²) >= 11 is 0. The van der Waals surface area contributed by atoms with E-state index in [0.29, 0.717) is 11.8 Å². The first kappa shape index (κ1) is 15.7. The van der Waals surface area contributed by atoms with Gasteiger partial charge in [-0.3, -0.25) is 4.79 Å². The van der Waals surface area contributed by atoms with Crippen molar-refractivity contribution < 1.29 is 15.0 Å². The second kappa shape index (κ2) is 4.62. The van der Waals surface area contributed by atoms with Crippen LogP contribution in [-0.2, 0) is 4.79 Å². The van der Waals surface area contributed by atoms with Gasteiger partial charge in [-0.15, -0.1) is 0 Å². The van der Waals surface area contributed by atoms with Crippen LogP contribution in [0.1, 0.15) is 65.2 Å². The average molecular weight is 318 g/mol. The maximum atomic E-state index is 12.0. The summed E-state index contributed by atoms with van der Waals surface area (Å²) in [7, 11) is 0. The minimum Gasteiger partial charge on any atom is -0.481 e. The molecule has 1 spiro atoms. The SMILES string of the molecule is C=C1[C@@H]2CC[C@@H]3[C@]4(C)CCC[C@@](C)(C(=O)O)[C@H]4CC[C@]3(C2)[C@H]1O. The van der Waals surface area contributed by atoms with Crippen molar-refractivity contribution in [2.24, 2.45) is 34.0 Å². The van der Waals surface area contributed by atoms with Gasteiger partial charge >= 0.3 is 5.97 Å². The molecule has 0 saturated heterocycles. The fourth-order valence-corrected chi connectivity index (χ4v) is 7.62. The summed E-state index contributed by atoms with van der Waals surface area (Å²) in [6.07, 6.45) is 7.86. The molecule has 2 bridgehead atoms. The Labute approximate surface area is 139 Å². The molecule has 0 heterocycles. The Morgan fingerprint density at radius 3 is 2.57 bits per heavy atom. The molecule has 2 N–H and O–H groups in total. The van der Waals surface area contributed by atoms with Gasteiger partial charge in [0.25, 0.3) is 0 Å². The molecule has 128 valence electrons. The van der Waals surface area contributed by atoms with Crippen LogP contribution in [0.15, 0.2) is 12.2 Å². The van der Waals surface area contributed by atoms with Gasteiger partial charge in [-0.25, -0.2) is 0 Å². The van der Waals surface area contributed by atoms with Gasteiger partial charge in [-0.05, 0) is 80.6 Å². The molecular formula is C20H30O3. The minimum atomic E-state index is -0.616. The smallest absolute Gasteiger partial charge is 0.309 e. The topological polar surface area (TPSA) is 57.5 Å². The molecule has 0 radical (unpaired) electrons. The van der Waals surface area contributed by atoms with E-state index in [4.69, 9.17) is 0 Å². The Bertz CT molecular complexity index is 569. The van der Waals surface area contributed by atoms with Gasteiger partial charge in [0, 0.05) is 5.41 Å². The van der Waals surface area contributed by atoms with E-state index in [2.05, 4.69) is 13.5 Å². The maximum Gasteiger partial charge on any atom is 0.309 e. The van der Waals surface area contributed by atoms with Crippen LogP contribution in [0.3, 0.4) is 0 Å². The lowest BCUT2D eigenvalue weighted by Gasteiger charge is -2.63. The third kappa shape index (κ3) is 1.72. The first-order chi connectivity index (χ1) is 10.8. The van der Waals surface area contributed by atoms with E-state index in [1.807, 2.05) is 6.92 Å². The van der Waals surface area contributed by atoms with Crippen LogP contribution >= 0.6 is 0 Å². The van der Waals surface area contributed by atoms with Gasteiger partial charge in [0.2, 0.25) is 0 Å². The molecule has 4 saturated carbocycles. The monoisotopic (exact) mass is 318 g/mol. The molecule has 4 fully saturated rings. The Kier molecular flexibility index (Phi) is 3.15. The molecule has 3 nitrogen and oxygen atoms in total. The fraction of sp³-hybridized carbons (Fsp3) is 0.850. The molecule has 4 aliphatic carbocycles. The van der Waals surface area contributed by atoms with Crippen molar-refractivity contribution in [1.82, 2.24) is 0 Å². The Morgan fingerprint density at radius 1 is 1.13 bits per heavy atom. The number of hydrogen-bond acceptors (Lipinski definition) is 2. The lowest BCUT2D eigenvalue weighted by Crippen LogP contribution is -2.60. The fourth-order valence-electron chi connectivity index (χ4n) is 7.62. The van der Waals surface area contributed by atoms with Crippen LogP contribution in [0.2, 0.25) is 0 Å². The highest BCUT2D eigenvalue weighted by Crippen LogP contribution is 2.72. The first-order valence-corrected chi connectivity index (χ1v) is 9.36. The zero-order chi connectivity index (χ0) is 16.6. The van der Waals surface area contributed by atoms with Crippen molar-refractivity contribution in [3.63, 3.8) is 0 Å². The second-order valence-electron chi connectivity index (χ2n) is 9.41. The number of aliphatic hydroxyl groups is 1.